The van der Waals surface area contributed by atoms with Crippen LogP contribution >= 0.6 is 11.3 Å². The van der Waals surface area contributed by atoms with Crippen LogP contribution in [0.15, 0.2) is 6.07 Å². The van der Waals surface area contributed by atoms with Crippen LogP contribution in [0.5, 0.6) is 0 Å². The highest BCUT2D eigenvalue weighted by Gasteiger charge is 2.18. The number of carbonyl (C=O) groups excluding carboxylic acids is 1. The van der Waals surface area contributed by atoms with Crippen molar-refractivity contribution in [2.45, 2.75) is 46.5 Å². The molecule has 0 fully saturated rings. The van der Waals surface area contributed by atoms with E-state index in [4.69, 9.17) is 5.11 Å². The summed E-state index contributed by atoms with van der Waals surface area (Å²) in [5, 5.41) is 11.7. The van der Waals surface area contributed by atoms with Crippen molar-refractivity contribution >= 4 is 23.2 Å². The molecule has 1 heterocycles. The highest BCUT2D eigenvalue weighted by Crippen LogP contribution is 2.24. The summed E-state index contributed by atoms with van der Waals surface area (Å²) in [4.78, 5) is 25.0. The average Bonchev–Trinajstić information content (AvgIpc) is 2.82. The van der Waals surface area contributed by atoms with Crippen LogP contribution < -0.4 is 5.32 Å². The molecule has 1 unspecified atom stereocenters. The number of rotatable bonds is 8. The van der Waals surface area contributed by atoms with Crippen molar-refractivity contribution in [3.05, 3.63) is 21.4 Å². The molecule has 1 rings (SSSR count). The second-order valence-electron chi connectivity index (χ2n) is 4.82. The number of hydrogen-bond donors (Lipinski definition) is 2. The maximum absolute atomic E-state index is 12.1. The minimum atomic E-state index is -0.861. The smallest absolute Gasteiger partial charge is 0.308 e. The van der Waals surface area contributed by atoms with Crippen LogP contribution in [0.1, 0.15) is 53.7 Å². The molecule has 0 bridgehead atoms. The Bertz CT molecular complexity index is 468. The van der Waals surface area contributed by atoms with Crippen molar-refractivity contribution in [3.8, 4) is 0 Å². The molecule has 20 heavy (non-hydrogen) atoms. The van der Waals surface area contributed by atoms with Gasteiger partial charge in [0.2, 0.25) is 0 Å². The molecule has 0 aliphatic carbocycles. The lowest BCUT2D eigenvalue weighted by Gasteiger charge is -2.10. The number of aryl methyl sites for hydroxylation is 2. The zero-order valence-electron chi connectivity index (χ0n) is 12.4. The summed E-state index contributed by atoms with van der Waals surface area (Å²) in [5.41, 5.74) is 1.23. The fourth-order valence-corrected chi connectivity index (χ4v) is 3.30. The molecule has 0 saturated carbocycles. The van der Waals surface area contributed by atoms with Gasteiger partial charge in [0.05, 0.1) is 10.8 Å². The summed E-state index contributed by atoms with van der Waals surface area (Å²) in [6.45, 7) is 6.20. The first-order valence-electron chi connectivity index (χ1n) is 7.15. The van der Waals surface area contributed by atoms with E-state index < -0.39 is 11.9 Å². The summed E-state index contributed by atoms with van der Waals surface area (Å²) in [6.07, 6.45) is 3.49. The minimum absolute atomic E-state index is 0.160. The normalized spacial score (nSPS) is 12.2. The van der Waals surface area contributed by atoms with Crippen molar-refractivity contribution in [2.24, 2.45) is 5.92 Å². The summed E-state index contributed by atoms with van der Waals surface area (Å²) in [7, 11) is 0. The molecule has 1 aromatic rings. The van der Waals surface area contributed by atoms with Crippen LogP contribution in [0.3, 0.4) is 0 Å². The highest BCUT2D eigenvalue weighted by molar-refractivity contribution is 7.14. The van der Waals surface area contributed by atoms with Crippen molar-refractivity contribution in [1.29, 1.82) is 0 Å². The number of aliphatic carboxylic acids is 1. The lowest BCUT2D eigenvalue weighted by Crippen LogP contribution is -2.32. The Morgan fingerprint density at radius 2 is 2.05 bits per heavy atom. The van der Waals surface area contributed by atoms with E-state index in [1.54, 1.807) is 0 Å². The third-order valence-corrected chi connectivity index (χ3v) is 4.57. The lowest BCUT2D eigenvalue weighted by molar-refractivity contribution is -0.141. The van der Waals surface area contributed by atoms with Gasteiger partial charge in [-0.25, -0.2) is 0 Å². The van der Waals surface area contributed by atoms with Gasteiger partial charge in [0.25, 0.3) is 5.91 Å². The Hall–Kier alpha value is -1.36. The van der Waals surface area contributed by atoms with Crippen LogP contribution in [0.2, 0.25) is 0 Å². The predicted molar refractivity (Wildman–Crippen MR) is 81.4 cm³/mol. The largest absolute Gasteiger partial charge is 0.481 e. The van der Waals surface area contributed by atoms with Crippen LogP contribution in [-0.2, 0) is 17.6 Å². The van der Waals surface area contributed by atoms with Gasteiger partial charge >= 0.3 is 5.97 Å². The van der Waals surface area contributed by atoms with E-state index in [0.717, 1.165) is 19.3 Å². The van der Waals surface area contributed by atoms with E-state index in [1.165, 1.54) is 21.8 Å². The highest BCUT2D eigenvalue weighted by atomic mass is 32.1. The van der Waals surface area contributed by atoms with E-state index in [-0.39, 0.29) is 12.5 Å². The van der Waals surface area contributed by atoms with Gasteiger partial charge in [0.15, 0.2) is 0 Å². The Morgan fingerprint density at radius 3 is 2.55 bits per heavy atom. The van der Waals surface area contributed by atoms with Gasteiger partial charge in [-0.3, -0.25) is 9.59 Å². The number of carbonyl (C=O) groups is 2. The quantitative estimate of drug-likeness (QED) is 0.775. The molecule has 0 aromatic carbocycles. The van der Waals surface area contributed by atoms with Gasteiger partial charge in [-0.2, -0.15) is 0 Å². The monoisotopic (exact) mass is 297 g/mol. The maximum Gasteiger partial charge on any atom is 0.308 e. The maximum atomic E-state index is 12.1. The zero-order chi connectivity index (χ0) is 15.1. The van der Waals surface area contributed by atoms with Crippen molar-refractivity contribution in [3.63, 3.8) is 0 Å². The second-order valence-corrected chi connectivity index (χ2v) is 5.95. The molecule has 0 aliphatic rings. The second kappa shape index (κ2) is 8.04. The van der Waals surface area contributed by atoms with Crippen molar-refractivity contribution in [2.75, 3.05) is 6.54 Å². The molecule has 0 spiro atoms. The van der Waals surface area contributed by atoms with Gasteiger partial charge in [-0.1, -0.05) is 27.2 Å². The topological polar surface area (TPSA) is 66.4 Å². The molecular formula is C15H23NO3S. The number of carboxylic acid groups (broad SMARTS) is 1. The molecule has 0 saturated heterocycles. The molecule has 5 heteroatoms. The molecule has 1 atom stereocenters. The Balaban J connectivity index is 2.70. The first kappa shape index (κ1) is 16.7. The van der Waals surface area contributed by atoms with E-state index in [0.29, 0.717) is 11.3 Å². The number of thiophene rings is 1. The van der Waals surface area contributed by atoms with Crippen LogP contribution in [0.4, 0.5) is 0 Å². The summed E-state index contributed by atoms with van der Waals surface area (Å²) < 4.78 is 0. The number of hydrogen-bond acceptors (Lipinski definition) is 3. The van der Waals surface area contributed by atoms with E-state index in [1.807, 2.05) is 13.0 Å². The lowest BCUT2D eigenvalue weighted by atomic mass is 10.1. The van der Waals surface area contributed by atoms with Crippen molar-refractivity contribution < 1.29 is 14.7 Å². The number of amides is 1. The molecule has 0 radical (unpaired) electrons. The SMILES string of the molecule is CCCc1sc(C(=O)NCC(CC)C(=O)O)cc1CC. The Labute approximate surface area is 124 Å². The zero-order valence-corrected chi connectivity index (χ0v) is 13.2. The molecular weight excluding hydrogens is 274 g/mol. The van der Waals surface area contributed by atoms with Crippen LogP contribution in [-0.4, -0.2) is 23.5 Å². The van der Waals surface area contributed by atoms with Gasteiger partial charge < -0.3 is 10.4 Å². The first-order chi connectivity index (χ1) is 9.53. The molecule has 4 nitrogen and oxygen atoms in total. The van der Waals surface area contributed by atoms with Crippen molar-refractivity contribution in [1.82, 2.24) is 5.32 Å². The minimum Gasteiger partial charge on any atom is -0.481 e. The van der Waals surface area contributed by atoms with Crippen LogP contribution in [0, 0.1) is 5.92 Å². The van der Waals surface area contributed by atoms with Gasteiger partial charge in [-0.15, -0.1) is 11.3 Å². The predicted octanol–water partition coefficient (Wildman–Crippen LogP) is 3.10. The first-order valence-corrected chi connectivity index (χ1v) is 7.97. The number of nitrogens with one attached hydrogen (secondary N) is 1. The summed E-state index contributed by atoms with van der Waals surface area (Å²) in [5.74, 6) is -1.54. The standard InChI is InChI=1S/C15H23NO3S/c1-4-7-12-10(5-2)8-13(20-12)14(17)16-9-11(6-3)15(18)19/h8,11H,4-7,9H2,1-3H3,(H,16,17)(H,18,19). The summed E-state index contributed by atoms with van der Waals surface area (Å²) >= 11 is 1.52. The Kier molecular flexibility index (Phi) is 6.71. The molecule has 2 N–H and O–H groups in total. The third kappa shape index (κ3) is 4.34. The van der Waals surface area contributed by atoms with E-state index in [9.17, 15) is 9.59 Å². The van der Waals surface area contributed by atoms with E-state index >= 15 is 0 Å². The Morgan fingerprint density at radius 1 is 1.35 bits per heavy atom. The molecule has 1 aromatic heterocycles. The fraction of sp³-hybridized carbons (Fsp3) is 0.600. The molecule has 112 valence electrons. The van der Waals surface area contributed by atoms with Gasteiger partial charge in [0.1, 0.15) is 0 Å². The number of carboxylic acids is 1. The summed E-state index contributed by atoms with van der Waals surface area (Å²) in [6, 6.07) is 1.94. The van der Waals surface area contributed by atoms with E-state index in [2.05, 4.69) is 19.2 Å². The van der Waals surface area contributed by atoms with Gasteiger partial charge in [0, 0.05) is 11.4 Å². The fourth-order valence-electron chi connectivity index (χ4n) is 2.03. The molecule has 0 aliphatic heterocycles. The van der Waals surface area contributed by atoms with Crippen LogP contribution in [0.25, 0.3) is 0 Å². The average molecular weight is 297 g/mol. The van der Waals surface area contributed by atoms with Gasteiger partial charge in [-0.05, 0) is 30.9 Å². The molecule has 1 amide bonds. The third-order valence-electron chi connectivity index (χ3n) is 3.33.